The van der Waals surface area contributed by atoms with Gasteiger partial charge < -0.3 is 0 Å². The zero-order valence-corrected chi connectivity index (χ0v) is 7.77. The topological polar surface area (TPSA) is 23.8 Å². The van der Waals surface area contributed by atoms with Crippen molar-refractivity contribution in [3.8, 4) is 6.07 Å². The molecule has 0 amide bonds. The van der Waals surface area contributed by atoms with Crippen LogP contribution in [-0.4, -0.2) is 0 Å². The number of benzene rings is 1. The molecule has 1 nitrogen and oxygen atoms in total. The highest BCUT2D eigenvalue weighted by Gasteiger charge is 2.06. The summed E-state index contributed by atoms with van der Waals surface area (Å²) < 4.78 is 13.1. The first-order chi connectivity index (χ1) is 6.16. The molecule has 0 heterocycles. The lowest BCUT2D eigenvalue weighted by molar-refractivity contribution is 0.624. The third kappa shape index (κ3) is 2.07. The molecule has 13 heavy (non-hydrogen) atoms. The molecule has 1 rings (SSSR count). The van der Waals surface area contributed by atoms with Crippen molar-refractivity contribution in [3.63, 3.8) is 0 Å². The lowest BCUT2D eigenvalue weighted by Gasteiger charge is -2.00. The zero-order chi connectivity index (χ0) is 9.84. The first-order valence-electron chi connectivity index (χ1n) is 3.68. The van der Waals surface area contributed by atoms with Gasteiger partial charge in [-0.2, -0.15) is 5.26 Å². The maximum absolute atomic E-state index is 13.1. The molecular formula is C10H7ClFN. The van der Waals surface area contributed by atoms with Crippen molar-refractivity contribution in [1.29, 1.82) is 5.26 Å². The number of halogens is 2. The van der Waals surface area contributed by atoms with E-state index in [1.165, 1.54) is 6.07 Å². The van der Waals surface area contributed by atoms with Gasteiger partial charge in [0.25, 0.3) is 0 Å². The molecule has 0 saturated heterocycles. The number of rotatable bonds is 1. The molecule has 0 aliphatic rings. The molecule has 0 saturated carbocycles. The maximum Gasteiger partial charge on any atom is 0.131 e. The summed E-state index contributed by atoms with van der Waals surface area (Å²) >= 11 is 5.78. The molecule has 0 atom stereocenters. The minimum Gasteiger partial charge on any atom is -0.206 e. The van der Waals surface area contributed by atoms with Crippen LogP contribution >= 0.6 is 11.6 Å². The summed E-state index contributed by atoms with van der Waals surface area (Å²) in [6, 6.07) is 7.97. The molecule has 0 N–H and O–H groups in total. The second kappa shape index (κ2) is 4.06. The zero-order valence-electron chi connectivity index (χ0n) is 7.01. The Labute approximate surface area is 81.1 Å². The van der Waals surface area contributed by atoms with Crippen LogP contribution in [0.3, 0.4) is 0 Å². The van der Waals surface area contributed by atoms with Gasteiger partial charge in [0.15, 0.2) is 0 Å². The monoisotopic (exact) mass is 195 g/mol. The SMILES string of the molecule is CC(C#N)=C(Cl)c1ccccc1F. The average molecular weight is 196 g/mol. The first-order valence-corrected chi connectivity index (χ1v) is 4.06. The maximum atomic E-state index is 13.1. The Balaban J connectivity index is 3.26. The molecule has 0 aliphatic carbocycles. The smallest absolute Gasteiger partial charge is 0.131 e. The molecule has 0 bridgehead atoms. The van der Waals surface area contributed by atoms with E-state index in [1.54, 1.807) is 25.1 Å². The number of hydrogen-bond acceptors (Lipinski definition) is 1. The number of nitriles is 1. The van der Waals surface area contributed by atoms with Crippen LogP contribution in [0.25, 0.3) is 5.03 Å². The lowest BCUT2D eigenvalue weighted by atomic mass is 10.1. The van der Waals surface area contributed by atoms with Gasteiger partial charge >= 0.3 is 0 Å². The Morgan fingerprint density at radius 1 is 1.46 bits per heavy atom. The summed E-state index contributed by atoms with van der Waals surface area (Å²) in [5.74, 6) is -0.415. The Bertz CT molecular complexity index is 390. The standard InChI is InChI=1S/C10H7ClFN/c1-7(6-13)10(11)8-4-2-3-5-9(8)12/h2-5H,1H3. The molecule has 0 unspecified atom stereocenters. The molecule has 3 heteroatoms. The summed E-state index contributed by atoms with van der Waals surface area (Å²) in [5, 5.41) is 8.71. The molecule has 1 aromatic carbocycles. The highest BCUT2D eigenvalue weighted by Crippen LogP contribution is 2.24. The molecular weight excluding hydrogens is 189 g/mol. The van der Waals surface area contributed by atoms with E-state index in [2.05, 4.69) is 0 Å². The van der Waals surface area contributed by atoms with Gasteiger partial charge in [0.05, 0.1) is 11.1 Å². The fourth-order valence-electron chi connectivity index (χ4n) is 0.890. The first kappa shape index (κ1) is 9.76. The molecule has 0 aromatic heterocycles. The van der Waals surface area contributed by atoms with Crippen LogP contribution in [0.1, 0.15) is 12.5 Å². The van der Waals surface area contributed by atoms with Gasteiger partial charge in [0, 0.05) is 11.1 Å². The number of allylic oxidation sites excluding steroid dienone is 1. The van der Waals surface area contributed by atoms with E-state index < -0.39 is 5.82 Å². The van der Waals surface area contributed by atoms with Crippen LogP contribution in [-0.2, 0) is 0 Å². The molecule has 66 valence electrons. The Morgan fingerprint density at radius 2 is 2.08 bits per heavy atom. The van der Waals surface area contributed by atoms with Gasteiger partial charge in [0.2, 0.25) is 0 Å². The molecule has 0 radical (unpaired) electrons. The van der Waals surface area contributed by atoms with E-state index in [0.717, 1.165) is 0 Å². The van der Waals surface area contributed by atoms with E-state index in [9.17, 15) is 4.39 Å². The van der Waals surface area contributed by atoms with Crippen LogP contribution in [0.4, 0.5) is 4.39 Å². The van der Waals surface area contributed by atoms with E-state index in [0.29, 0.717) is 5.57 Å². The lowest BCUT2D eigenvalue weighted by Crippen LogP contribution is -1.86. The normalized spacial score (nSPS) is 11.8. The van der Waals surface area contributed by atoms with Gasteiger partial charge in [-0.3, -0.25) is 0 Å². The highest BCUT2D eigenvalue weighted by atomic mass is 35.5. The van der Waals surface area contributed by atoms with Gasteiger partial charge in [-0.05, 0) is 13.0 Å². The number of nitrogens with zero attached hydrogens (tertiary/aromatic N) is 1. The number of hydrogen-bond donors (Lipinski definition) is 0. The summed E-state index contributed by atoms with van der Waals surface area (Å²) in [6.45, 7) is 1.55. The van der Waals surface area contributed by atoms with Crippen molar-refractivity contribution in [2.45, 2.75) is 6.92 Å². The van der Waals surface area contributed by atoms with Gasteiger partial charge in [-0.25, -0.2) is 4.39 Å². The molecule has 0 fully saturated rings. The van der Waals surface area contributed by atoms with Crippen molar-refractivity contribution >= 4 is 16.6 Å². The predicted molar refractivity (Wildman–Crippen MR) is 50.5 cm³/mol. The Morgan fingerprint density at radius 3 is 2.62 bits per heavy atom. The third-order valence-corrected chi connectivity index (χ3v) is 2.09. The fraction of sp³-hybridized carbons (Fsp3) is 0.100. The van der Waals surface area contributed by atoms with Crippen LogP contribution in [0, 0.1) is 17.1 Å². The van der Waals surface area contributed by atoms with Gasteiger partial charge in [0.1, 0.15) is 5.82 Å². The van der Waals surface area contributed by atoms with Crippen LogP contribution in [0.5, 0.6) is 0 Å². The highest BCUT2D eigenvalue weighted by molar-refractivity contribution is 6.49. The second-order valence-electron chi connectivity index (χ2n) is 2.53. The van der Waals surface area contributed by atoms with Crippen molar-refractivity contribution in [3.05, 3.63) is 41.2 Å². The Hall–Kier alpha value is -1.33. The Kier molecular flexibility index (Phi) is 3.05. The largest absolute Gasteiger partial charge is 0.206 e. The van der Waals surface area contributed by atoms with Crippen molar-refractivity contribution in [2.75, 3.05) is 0 Å². The van der Waals surface area contributed by atoms with E-state index in [4.69, 9.17) is 16.9 Å². The van der Waals surface area contributed by atoms with Crippen LogP contribution in [0.15, 0.2) is 29.8 Å². The third-order valence-electron chi connectivity index (χ3n) is 1.61. The van der Waals surface area contributed by atoms with E-state index in [-0.39, 0.29) is 10.6 Å². The van der Waals surface area contributed by atoms with E-state index in [1.807, 2.05) is 6.07 Å². The summed E-state index contributed by atoms with van der Waals surface area (Å²) in [5.41, 5.74) is 0.579. The predicted octanol–water partition coefficient (Wildman–Crippen LogP) is 3.32. The fourth-order valence-corrected chi connectivity index (χ4v) is 1.09. The van der Waals surface area contributed by atoms with Crippen molar-refractivity contribution < 1.29 is 4.39 Å². The van der Waals surface area contributed by atoms with Gasteiger partial charge in [-0.1, -0.05) is 29.8 Å². The summed E-state index contributed by atoms with van der Waals surface area (Å²) in [7, 11) is 0. The molecule has 0 spiro atoms. The van der Waals surface area contributed by atoms with Crippen LogP contribution < -0.4 is 0 Å². The molecule has 0 aliphatic heterocycles. The summed E-state index contributed by atoms with van der Waals surface area (Å²) in [4.78, 5) is 0. The minimum absolute atomic E-state index is 0.167. The van der Waals surface area contributed by atoms with Crippen LogP contribution in [0.2, 0.25) is 0 Å². The quantitative estimate of drug-likeness (QED) is 0.631. The van der Waals surface area contributed by atoms with Gasteiger partial charge in [-0.15, -0.1) is 0 Å². The van der Waals surface area contributed by atoms with E-state index >= 15 is 0 Å². The van der Waals surface area contributed by atoms with Crippen molar-refractivity contribution in [1.82, 2.24) is 0 Å². The second-order valence-corrected chi connectivity index (χ2v) is 2.91. The molecule has 1 aromatic rings. The average Bonchev–Trinajstić information content (AvgIpc) is 2.16. The van der Waals surface area contributed by atoms with Crippen molar-refractivity contribution in [2.24, 2.45) is 0 Å². The minimum atomic E-state index is -0.415. The summed E-state index contributed by atoms with van der Waals surface area (Å²) in [6.07, 6.45) is 0.